The third-order valence-corrected chi connectivity index (χ3v) is 3.73. The molecule has 114 valence electrons. The second-order valence-electron chi connectivity index (χ2n) is 5.43. The second kappa shape index (κ2) is 8.85. The Kier molecular flexibility index (Phi) is 7.45. The van der Waals surface area contributed by atoms with Gasteiger partial charge in [-0.1, -0.05) is 39.2 Å². The number of methoxy groups -OCH3 is 1. The first-order valence-corrected chi connectivity index (χ1v) is 7.68. The molecule has 0 bridgehead atoms. The monoisotopic (exact) mass is 279 g/mol. The molecule has 0 amide bonds. The Bertz CT molecular complexity index is 391. The minimum atomic E-state index is 0.00546. The van der Waals surface area contributed by atoms with Crippen LogP contribution in [0.4, 0.5) is 0 Å². The summed E-state index contributed by atoms with van der Waals surface area (Å²) in [5.41, 5.74) is 6.95. The first kappa shape index (κ1) is 16.8. The van der Waals surface area contributed by atoms with Gasteiger partial charge in [-0.05, 0) is 37.0 Å². The van der Waals surface area contributed by atoms with Crippen LogP contribution in [0.5, 0.6) is 11.5 Å². The molecule has 20 heavy (non-hydrogen) atoms. The van der Waals surface area contributed by atoms with Crippen LogP contribution < -0.4 is 15.2 Å². The predicted octanol–water partition coefficient (Wildman–Crippen LogP) is 4.31. The molecular formula is C17H29NO2. The van der Waals surface area contributed by atoms with E-state index < -0.39 is 0 Å². The van der Waals surface area contributed by atoms with Crippen LogP contribution in [0.3, 0.4) is 0 Å². The van der Waals surface area contributed by atoms with Crippen molar-refractivity contribution in [2.45, 2.75) is 52.5 Å². The highest BCUT2D eigenvalue weighted by molar-refractivity contribution is 5.43. The van der Waals surface area contributed by atoms with E-state index >= 15 is 0 Å². The predicted molar refractivity (Wildman–Crippen MR) is 84.4 cm³/mol. The maximum atomic E-state index is 5.95. The Balaban J connectivity index is 2.66. The van der Waals surface area contributed by atoms with Crippen molar-refractivity contribution in [2.24, 2.45) is 11.7 Å². The van der Waals surface area contributed by atoms with Crippen molar-refractivity contribution in [1.29, 1.82) is 0 Å². The van der Waals surface area contributed by atoms with E-state index in [-0.39, 0.29) is 6.04 Å². The largest absolute Gasteiger partial charge is 0.493 e. The van der Waals surface area contributed by atoms with Gasteiger partial charge in [0.15, 0.2) is 11.5 Å². The van der Waals surface area contributed by atoms with Gasteiger partial charge in [-0.15, -0.1) is 0 Å². The van der Waals surface area contributed by atoms with Gasteiger partial charge in [0.1, 0.15) is 0 Å². The minimum absolute atomic E-state index is 0.00546. The Hall–Kier alpha value is -1.22. The Morgan fingerprint density at radius 3 is 2.50 bits per heavy atom. The number of nitrogens with two attached hydrogens (primary N) is 1. The van der Waals surface area contributed by atoms with Gasteiger partial charge in [-0.25, -0.2) is 0 Å². The molecular weight excluding hydrogens is 250 g/mol. The molecule has 3 heteroatoms. The Morgan fingerprint density at radius 1 is 1.20 bits per heavy atom. The van der Waals surface area contributed by atoms with Gasteiger partial charge in [0, 0.05) is 6.04 Å². The zero-order chi connectivity index (χ0) is 15.0. The van der Waals surface area contributed by atoms with Crippen molar-refractivity contribution in [3.8, 4) is 11.5 Å². The normalized spacial score (nSPS) is 13.8. The van der Waals surface area contributed by atoms with Crippen LogP contribution in [-0.2, 0) is 0 Å². The number of hydrogen-bond acceptors (Lipinski definition) is 3. The lowest BCUT2D eigenvalue weighted by molar-refractivity contribution is 0.224. The highest BCUT2D eigenvalue weighted by Crippen LogP contribution is 2.30. The molecule has 3 nitrogen and oxygen atoms in total. The van der Waals surface area contributed by atoms with E-state index in [2.05, 4.69) is 13.8 Å². The van der Waals surface area contributed by atoms with Gasteiger partial charge < -0.3 is 15.2 Å². The smallest absolute Gasteiger partial charge is 0.161 e. The molecule has 0 saturated carbocycles. The molecule has 0 aliphatic carbocycles. The standard InChI is InChI=1S/C17H29NO2/c1-5-7-8-14(6-2)12-20-16-10-9-15(13(3)18)11-17(16)19-4/h9-11,13-14H,5-8,12,18H2,1-4H3/t13-,14?/m1/s1. The minimum Gasteiger partial charge on any atom is -0.493 e. The van der Waals surface area contributed by atoms with Crippen LogP contribution in [0.15, 0.2) is 18.2 Å². The molecule has 1 aromatic carbocycles. The van der Waals surface area contributed by atoms with Crippen LogP contribution in [0.25, 0.3) is 0 Å². The van der Waals surface area contributed by atoms with Crippen molar-refractivity contribution >= 4 is 0 Å². The molecule has 0 saturated heterocycles. The number of unbranched alkanes of at least 4 members (excludes halogenated alkanes) is 1. The summed E-state index contributed by atoms with van der Waals surface area (Å²) in [6.07, 6.45) is 4.89. The van der Waals surface area contributed by atoms with E-state index in [0.29, 0.717) is 5.92 Å². The average Bonchev–Trinajstić information content (AvgIpc) is 2.47. The lowest BCUT2D eigenvalue weighted by Crippen LogP contribution is -2.12. The summed E-state index contributed by atoms with van der Waals surface area (Å²) in [6, 6.07) is 5.94. The molecule has 0 heterocycles. The fraction of sp³-hybridized carbons (Fsp3) is 0.647. The first-order chi connectivity index (χ1) is 9.62. The summed E-state index contributed by atoms with van der Waals surface area (Å²) in [5, 5.41) is 0. The van der Waals surface area contributed by atoms with Crippen LogP contribution in [0, 0.1) is 5.92 Å². The van der Waals surface area contributed by atoms with Crippen LogP contribution >= 0.6 is 0 Å². The molecule has 1 aromatic rings. The summed E-state index contributed by atoms with van der Waals surface area (Å²) < 4.78 is 11.3. The molecule has 1 rings (SSSR count). The van der Waals surface area contributed by atoms with Gasteiger partial charge in [-0.2, -0.15) is 0 Å². The summed E-state index contributed by atoms with van der Waals surface area (Å²) in [4.78, 5) is 0. The van der Waals surface area contributed by atoms with E-state index in [9.17, 15) is 0 Å². The maximum Gasteiger partial charge on any atom is 0.161 e. The van der Waals surface area contributed by atoms with Gasteiger partial charge in [0.2, 0.25) is 0 Å². The number of rotatable bonds is 9. The highest BCUT2D eigenvalue weighted by atomic mass is 16.5. The SMILES string of the molecule is CCCCC(CC)COc1ccc([C@@H](C)N)cc1OC. The lowest BCUT2D eigenvalue weighted by atomic mass is 10.0. The lowest BCUT2D eigenvalue weighted by Gasteiger charge is -2.18. The first-order valence-electron chi connectivity index (χ1n) is 7.68. The van der Waals surface area contributed by atoms with E-state index in [1.165, 1.54) is 19.3 Å². The molecule has 0 spiro atoms. The Labute approximate surface area is 123 Å². The summed E-state index contributed by atoms with van der Waals surface area (Å²) in [7, 11) is 1.67. The summed E-state index contributed by atoms with van der Waals surface area (Å²) in [5.74, 6) is 2.20. The highest BCUT2D eigenvalue weighted by Gasteiger charge is 2.11. The molecule has 2 atom stereocenters. The quantitative estimate of drug-likeness (QED) is 0.732. The van der Waals surface area contributed by atoms with Gasteiger partial charge in [-0.3, -0.25) is 0 Å². The van der Waals surface area contributed by atoms with Gasteiger partial charge >= 0.3 is 0 Å². The number of benzene rings is 1. The topological polar surface area (TPSA) is 44.5 Å². The molecule has 1 unspecified atom stereocenters. The van der Waals surface area contributed by atoms with Crippen LogP contribution in [-0.4, -0.2) is 13.7 Å². The van der Waals surface area contributed by atoms with Crippen molar-refractivity contribution in [2.75, 3.05) is 13.7 Å². The molecule has 0 aliphatic heterocycles. The van der Waals surface area contributed by atoms with Crippen molar-refractivity contribution in [3.63, 3.8) is 0 Å². The number of hydrogen-bond donors (Lipinski definition) is 1. The Morgan fingerprint density at radius 2 is 1.95 bits per heavy atom. The average molecular weight is 279 g/mol. The zero-order valence-corrected chi connectivity index (χ0v) is 13.3. The van der Waals surface area contributed by atoms with E-state index in [4.69, 9.17) is 15.2 Å². The van der Waals surface area contributed by atoms with E-state index in [0.717, 1.165) is 30.1 Å². The van der Waals surface area contributed by atoms with Gasteiger partial charge in [0.25, 0.3) is 0 Å². The molecule has 0 radical (unpaired) electrons. The zero-order valence-electron chi connectivity index (χ0n) is 13.3. The second-order valence-corrected chi connectivity index (χ2v) is 5.43. The fourth-order valence-corrected chi connectivity index (χ4v) is 2.19. The van der Waals surface area contributed by atoms with Gasteiger partial charge in [0.05, 0.1) is 13.7 Å². The molecule has 0 aromatic heterocycles. The maximum absolute atomic E-state index is 5.95. The van der Waals surface area contributed by atoms with Crippen molar-refractivity contribution < 1.29 is 9.47 Å². The third-order valence-electron chi connectivity index (χ3n) is 3.73. The molecule has 0 fully saturated rings. The molecule has 0 aliphatic rings. The van der Waals surface area contributed by atoms with E-state index in [1.807, 2.05) is 25.1 Å². The molecule has 2 N–H and O–H groups in total. The van der Waals surface area contributed by atoms with Crippen LogP contribution in [0.2, 0.25) is 0 Å². The summed E-state index contributed by atoms with van der Waals surface area (Å²) >= 11 is 0. The summed E-state index contributed by atoms with van der Waals surface area (Å²) in [6.45, 7) is 7.17. The third kappa shape index (κ3) is 5.04. The fourth-order valence-electron chi connectivity index (χ4n) is 2.19. The van der Waals surface area contributed by atoms with E-state index in [1.54, 1.807) is 7.11 Å². The van der Waals surface area contributed by atoms with Crippen molar-refractivity contribution in [3.05, 3.63) is 23.8 Å². The number of ether oxygens (including phenoxy) is 2. The van der Waals surface area contributed by atoms with Crippen LogP contribution in [0.1, 0.15) is 58.1 Å². The van der Waals surface area contributed by atoms with Crippen molar-refractivity contribution in [1.82, 2.24) is 0 Å².